The van der Waals surface area contributed by atoms with Crippen LogP contribution in [0.5, 0.6) is 0 Å². The average Bonchev–Trinajstić information content (AvgIpc) is 2.40. The second-order valence-corrected chi connectivity index (χ2v) is 6.00. The van der Waals surface area contributed by atoms with E-state index in [-0.39, 0.29) is 17.5 Å². The van der Waals surface area contributed by atoms with E-state index < -0.39 is 17.6 Å². The van der Waals surface area contributed by atoms with Gasteiger partial charge in [0.1, 0.15) is 11.4 Å². The van der Waals surface area contributed by atoms with Crippen molar-refractivity contribution in [3.63, 3.8) is 0 Å². The van der Waals surface area contributed by atoms with Crippen LogP contribution in [0.15, 0.2) is 4.79 Å². The zero-order chi connectivity index (χ0) is 15.6. The van der Waals surface area contributed by atoms with Crippen molar-refractivity contribution in [2.75, 3.05) is 0 Å². The Hall–Kier alpha value is -1.69. The minimum Gasteiger partial charge on any atom is -0.391 e. The molecule has 1 aromatic rings. The van der Waals surface area contributed by atoms with Crippen molar-refractivity contribution >= 4 is 5.91 Å². The third kappa shape index (κ3) is 3.50. The summed E-state index contributed by atoms with van der Waals surface area (Å²) in [6, 6.07) is -0.283. The van der Waals surface area contributed by atoms with Crippen LogP contribution in [0.25, 0.3) is 0 Å². The maximum absolute atomic E-state index is 12.3. The molecule has 0 saturated heterocycles. The number of rotatable bonds is 3. The van der Waals surface area contributed by atoms with Crippen LogP contribution >= 0.6 is 0 Å². The number of hydrogen-bond donors (Lipinski definition) is 3. The Morgan fingerprint density at radius 1 is 1.38 bits per heavy atom. The van der Waals surface area contributed by atoms with Gasteiger partial charge in [0.15, 0.2) is 0 Å². The average molecular weight is 293 g/mol. The highest BCUT2D eigenvalue weighted by atomic mass is 16.3. The monoisotopic (exact) mass is 293 g/mol. The van der Waals surface area contributed by atoms with Gasteiger partial charge in [-0.3, -0.25) is 9.59 Å². The van der Waals surface area contributed by atoms with Gasteiger partial charge in [-0.2, -0.15) is 0 Å². The van der Waals surface area contributed by atoms with E-state index in [1.807, 2.05) is 13.8 Å². The van der Waals surface area contributed by atoms with Gasteiger partial charge in [-0.25, -0.2) is 4.98 Å². The molecule has 0 unspecified atom stereocenters. The number of aryl methyl sites for hydroxylation is 1. The van der Waals surface area contributed by atoms with E-state index in [2.05, 4.69) is 15.3 Å². The van der Waals surface area contributed by atoms with Crippen LogP contribution in [0.2, 0.25) is 0 Å². The standard InChI is InChI=1S/C15H23N3O3/c1-8(2)13-16-9(3)12(15(21)18-13)14(20)17-10-6-4-5-7-11(10)19/h8,10-11,19H,4-7H2,1-3H3,(H,17,20)(H,16,18,21)/t10-,11-/m1/s1. The first kappa shape index (κ1) is 15.7. The number of aromatic nitrogens is 2. The van der Waals surface area contributed by atoms with Crippen LogP contribution in [0.3, 0.4) is 0 Å². The molecular formula is C15H23N3O3. The predicted octanol–water partition coefficient (Wildman–Crippen LogP) is 1.24. The Balaban J connectivity index is 2.21. The van der Waals surface area contributed by atoms with Gasteiger partial charge in [0.05, 0.1) is 17.8 Å². The summed E-state index contributed by atoms with van der Waals surface area (Å²) in [7, 11) is 0. The number of aromatic amines is 1. The first-order chi connectivity index (χ1) is 9.90. The zero-order valence-corrected chi connectivity index (χ0v) is 12.8. The van der Waals surface area contributed by atoms with Gasteiger partial charge in [-0.15, -0.1) is 0 Å². The topological polar surface area (TPSA) is 95.1 Å². The number of aliphatic hydroxyl groups is 1. The summed E-state index contributed by atoms with van der Waals surface area (Å²) in [5, 5.41) is 12.7. The lowest BCUT2D eigenvalue weighted by Gasteiger charge is -2.28. The van der Waals surface area contributed by atoms with Crippen molar-refractivity contribution in [3.8, 4) is 0 Å². The summed E-state index contributed by atoms with van der Waals surface area (Å²) >= 11 is 0. The van der Waals surface area contributed by atoms with Gasteiger partial charge < -0.3 is 15.4 Å². The number of aliphatic hydroxyl groups excluding tert-OH is 1. The predicted molar refractivity (Wildman–Crippen MR) is 79.4 cm³/mol. The van der Waals surface area contributed by atoms with Crippen LogP contribution in [-0.4, -0.2) is 33.1 Å². The van der Waals surface area contributed by atoms with E-state index in [9.17, 15) is 14.7 Å². The molecule has 1 amide bonds. The van der Waals surface area contributed by atoms with Crippen molar-refractivity contribution in [1.82, 2.24) is 15.3 Å². The summed E-state index contributed by atoms with van der Waals surface area (Å²) in [6.07, 6.45) is 2.83. The molecule has 116 valence electrons. The molecule has 2 rings (SSSR count). The second-order valence-electron chi connectivity index (χ2n) is 6.00. The molecule has 0 radical (unpaired) electrons. The second kappa shape index (κ2) is 6.39. The van der Waals surface area contributed by atoms with Crippen LogP contribution in [-0.2, 0) is 0 Å². The molecule has 1 aliphatic carbocycles. The molecular weight excluding hydrogens is 270 g/mol. The molecule has 6 nitrogen and oxygen atoms in total. The van der Waals surface area contributed by atoms with E-state index in [1.165, 1.54) is 0 Å². The first-order valence-corrected chi connectivity index (χ1v) is 7.50. The summed E-state index contributed by atoms with van der Waals surface area (Å²) in [5.41, 5.74) is 0.0384. The highest BCUT2D eigenvalue weighted by Crippen LogP contribution is 2.18. The number of nitrogens with zero attached hydrogens (tertiary/aromatic N) is 1. The Morgan fingerprint density at radius 2 is 2.05 bits per heavy atom. The molecule has 21 heavy (non-hydrogen) atoms. The summed E-state index contributed by atoms with van der Waals surface area (Å²) < 4.78 is 0. The number of carbonyl (C=O) groups excluding carboxylic acids is 1. The van der Waals surface area contributed by atoms with E-state index in [1.54, 1.807) is 6.92 Å². The molecule has 1 fully saturated rings. The summed E-state index contributed by atoms with van der Waals surface area (Å²) in [5.74, 6) is 0.211. The number of amides is 1. The number of hydrogen-bond acceptors (Lipinski definition) is 4. The molecule has 1 aliphatic rings. The third-order valence-corrected chi connectivity index (χ3v) is 3.94. The van der Waals surface area contributed by atoms with Gasteiger partial charge >= 0.3 is 0 Å². The molecule has 1 heterocycles. The van der Waals surface area contributed by atoms with Gasteiger partial charge in [-0.05, 0) is 19.8 Å². The van der Waals surface area contributed by atoms with Crippen LogP contribution < -0.4 is 10.9 Å². The van der Waals surface area contributed by atoms with Crippen molar-refractivity contribution in [2.45, 2.75) is 64.5 Å². The molecule has 6 heteroatoms. The minimum absolute atomic E-state index is 0.0390. The number of H-pyrrole nitrogens is 1. The van der Waals surface area contributed by atoms with Gasteiger partial charge in [-0.1, -0.05) is 26.7 Å². The van der Waals surface area contributed by atoms with E-state index in [0.717, 1.165) is 19.3 Å². The van der Waals surface area contributed by atoms with Crippen molar-refractivity contribution < 1.29 is 9.90 Å². The molecule has 1 saturated carbocycles. The zero-order valence-electron chi connectivity index (χ0n) is 12.8. The highest BCUT2D eigenvalue weighted by molar-refractivity contribution is 5.95. The Labute approximate surface area is 124 Å². The number of carbonyl (C=O) groups is 1. The maximum atomic E-state index is 12.3. The molecule has 0 aliphatic heterocycles. The summed E-state index contributed by atoms with van der Waals surface area (Å²) in [4.78, 5) is 31.4. The smallest absolute Gasteiger partial charge is 0.264 e. The fourth-order valence-corrected chi connectivity index (χ4v) is 2.67. The van der Waals surface area contributed by atoms with Crippen LogP contribution in [0.1, 0.15) is 67.3 Å². The lowest BCUT2D eigenvalue weighted by Crippen LogP contribution is -2.46. The normalized spacial score (nSPS) is 22.3. The van der Waals surface area contributed by atoms with Crippen molar-refractivity contribution in [3.05, 3.63) is 27.4 Å². The minimum atomic E-state index is -0.537. The molecule has 0 spiro atoms. The first-order valence-electron chi connectivity index (χ1n) is 7.50. The maximum Gasteiger partial charge on any atom is 0.264 e. The number of nitrogens with one attached hydrogen (secondary N) is 2. The molecule has 3 N–H and O–H groups in total. The van der Waals surface area contributed by atoms with E-state index >= 15 is 0 Å². The molecule has 1 aromatic heterocycles. The van der Waals surface area contributed by atoms with Crippen molar-refractivity contribution in [2.24, 2.45) is 0 Å². The fourth-order valence-electron chi connectivity index (χ4n) is 2.67. The Morgan fingerprint density at radius 3 is 2.62 bits per heavy atom. The van der Waals surface area contributed by atoms with Gasteiger partial charge in [0, 0.05) is 5.92 Å². The lowest BCUT2D eigenvalue weighted by molar-refractivity contribution is 0.0715. The van der Waals surface area contributed by atoms with Gasteiger partial charge in [0.25, 0.3) is 11.5 Å². The molecule has 0 aromatic carbocycles. The molecule has 0 bridgehead atoms. The largest absolute Gasteiger partial charge is 0.391 e. The van der Waals surface area contributed by atoms with Crippen LogP contribution in [0.4, 0.5) is 0 Å². The fraction of sp³-hybridized carbons (Fsp3) is 0.667. The lowest BCUT2D eigenvalue weighted by atomic mass is 9.92. The quantitative estimate of drug-likeness (QED) is 0.781. The Kier molecular flexibility index (Phi) is 4.77. The van der Waals surface area contributed by atoms with Crippen LogP contribution in [0, 0.1) is 6.92 Å². The Bertz CT molecular complexity index is 580. The summed E-state index contributed by atoms with van der Waals surface area (Å²) in [6.45, 7) is 5.51. The van der Waals surface area contributed by atoms with Gasteiger partial charge in [0.2, 0.25) is 0 Å². The highest BCUT2D eigenvalue weighted by Gasteiger charge is 2.26. The van der Waals surface area contributed by atoms with E-state index in [4.69, 9.17) is 0 Å². The third-order valence-electron chi connectivity index (χ3n) is 3.94. The van der Waals surface area contributed by atoms with E-state index in [0.29, 0.717) is 17.9 Å². The van der Waals surface area contributed by atoms with Crippen molar-refractivity contribution in [1.29, 1.82) is 0 Å². The molecule has 2 atom stereocenters. The SMILES string of the molecule is Cc1nc(C(C)C)[nH]c(=O)c1C(=O)N[C@@H]1CCCC[C@H]1O.